The molecule has 0 aliphatic carbocycles. The van der Waals surface area contributed by atoms with E-state index in [0.717, 1.165) is 30.8 Å². The van der Waals surface area contributed by atoms with Crippen LogP contribution in [0.2, 0.25) is 0 Å². The number of amides is 1. The van der Waals surface area contributed by atoms with Gasteiger partial charge in [-0.2, -0.15) is 0 Å². The van der Waals surface area contributed by atoms with Gasteiger partial charge >= 0.3 is 0 Å². The van der Waals surface area contributed by atoms with Crippen molar-refractivity contribution < 1.29 is 4.79 Å². The number of nitrogens with zero attached hydrogens (tertiary/aromatic N) is 3. The third-order valence-corrected chi connectivity index (χ3v) is 6.55. The molecule has 0 unspecified atom stereocenters. The van der Waals surface area contributed by atoms with Gasteiger partial charge < -0.3 is 14.0 Å². The number of fused-ring (bicyclic) bond motifs is 5. The predicted molar refractivity (Wildman–Crippen MR) is 114 cm³/mol. The van der Waals surface area contributed by atoms with E-state index >= 15 is 0 Å². The molecule has 29 heavy (non-hydrogen) atoms. The highest BCUT2D eigenvalue weighted by atomic mass is 16.2. The Hall–Kier alpha value is -2.82. The van der Waals surface area contributed by atoms with E-state index in [9.17, 15) is 9.59 Å². The molecule has 150 valence electrons. The molecule has 5 nitrogen and oxygen atoms in total. The van der Waals surface area contributed by atoms with Crippen LogP contribution in [0.5, 0.6) is 0 Å². The quantitative estimate of drug-likeness (QED) is 0.688. The fourth-order valence-corrected chi connectivity index (χ4v) is 5.22. The van der Waals surface area contributed by atoms with Gasteiger partial charge in [0.2, 0.25) is 5.91 Å². The van der Waals surface area contributed by atoms with Gasteiger partial charge in [-0.05, 0) is 43.9 Å². The van der Waals surface area contributed by atoms with Crippen molar-refractivity contribution in [1.29, 1.82) is 0 Å². The van der Waals surface area contributed by atoms with Gasteiger partial charge in [0.05, 0.1) is 6.42 Å². The second-order valence-electron chi connectivity index (χ2n) is 8.85. The maximum atomic E-state index is 13.2. The van der Waals surface area contributed by atoms with Crippen LogP contribution in [0.1, 0.15) is 43.5 Å². The van der Waals surface area contributed by atoms with Crippen LogP contribution in [0.15, 0.2) is 53.5 Å². The molecule has 1 saturated heterocycles. The molecule has 2 aliphatic heterocycles. The Balaban J connectivity index is 1.41. The summed E-state index contributed by atoms with van der Waals surface area (Å²) >= 11 is 0. The SMILES string of the molecule is CC(C)n1cc(CC(=O)N2C[C@@H]3C[C@H](C2)c2cccc(=O)n2C3)c2ccccc21. The fourth-order valence-electron chi connectivity index (χ4n) is 5.22. The number of para-hydroxylation sites is 1. The first kappa shape index (κ1) is 18.2. The van der Waals surface area contributed by atoms with Gasteiger partial charge in [0.1, 0.15) is 0 Å². The number of likely N-dealkylation sites (tertiary alicyclic amines) is 1. The minimum atomic E-state index is 0.0819. The van der Waals surface area contributed by atoms with E-state index in [1.54, 1.807) is 6.07 Å². The van der Waals surface area contributed by atoms with E-state index in [4.69, 9.17) is 0 Å². The Morgan fingerprint density at radius 2 is 1.90 bits per heavy atom. The third kappa shape index (κ3) is 3.09. The number of hydrogen-bond donors (Lipinski definition) is 0. The van der Waals surface area contributed by atoms with Gasteiger partial charge in [0.25, 0.3) is 5.56 Å². The van der Waals surface area contributed by atoms with Crippen molar-refractivity contribution in [1.82, 2.24) is 14.0 Å². The van der Waals surface area contributed by atoms with E-state index in [1.165, 1.54) is 10.9 Å². The zero-order valence-corrected chi connectivity index (χ0v) is 17.0. The normalized spacial score (nSPS) is 20.9. The topological polar surface area (TPSA) is 47.2 Å². The van der Waals surface area contributed by atoms with Crippen molar-refractivity contribution in [2.75, 3.05) is 13.1 Å². The standard InChI is InChI=1S/C24H27N3O2/c1-16(2)26-15-18(20-6-3-4-7-22(20)26)11-24(29)25-12-17-10-19(14-25)21-8-5-9-23(28)27(21)13-17/h3-9,15-17,19H,10-14H2,1-2H3/t17-,19+/m0/s1. The molecule has 0 saturated carbocycles. The zero-order valence-electron chi connectivity index (χ0n) is 17.0. The Labute approximate surface area is 170 Å². The highest BCUT2D eigenvalue weighted by Crippen LogP contribution is 2.35. The molecule has 1 aromatic carbocycles. The number of hydrogen-bond acceptors (Lipinski definition) is 2. The van der Waals surface area contributed by atoms with Gasteiger partial charge in [0.15, 0.2) is 0 Å². The minimum absolute atomic E-state index is 0.0819. The maximum Gasteiger partial charge on any atom is 0.250 e. The van der Waals surface area contributed by atoms with E-state index in [2.05, 4.69) is 42.8 Å². The third-order valence-electron chi connectivity index (χ3n) is 6.55. The van der Waals surface area contributed by atoms with E-state index in [1.807, 2.05) is 27.7 Å². The van der Waals surface area contributed by atoms with Crippen molar-refractivity contribution in [2.45, 2.75) is 45.2 Å². The van der Waals surface area contributed by atoms with Gasteiger partial charge in [-0.25, -0.2) is 0 Å². The molecule has 0 spiro atoms. The van der Waals surface area contributed by atoms with Crippen molar-refractivity contribution in [3.05, 3.63) is 70.3 Å². The maximum absolute atomic E-state index is 13.2. The zero-order chi connectivity index (χ0) is 20.1. The van der Waals surface area contributed by atoms with Crippen molar-refractivity contribution in [3.63, 3.8) is 0 Å². The number of pyridine rings is 1. The van der Waals surface area contributed by atoms with E-state index in [0.29, 0.717) is 24.9 Å². The molecule has 5 heteroatoms. The lowest BCUT2D eigenvalue weighted by atomic mass is 9.83. The van der Waals surface area contributed by atoms with Gasteiger partial charge in [-0.1, -0.05) is 24.3 Å². The molecule has 0 radical (unpaired) electrons. The molecular weight excluding hydrogens is 362 g/mol. The van der Waals surface area contributed by atoms with Crippen LogP contribution in [0.4, 0.5) is 0 Å². The summed E-state index contributed by atoms with van der Waals surface area (Å²) in [4.78, 5) is 27.5. The summed E-state index contributed by atoms with van der Waals surface area (Å²) in [6.07, 6.45) is 3.65. The first-order valence-corrected chi connectivity index (χ1v) is 10.6. The average molecular weight is 389 g/mol. The monoisotopic (exact) mass is 389 g/mol. The molecule has 1 fully saturated rings. The smallest absolute Gasteiger partial charge is 0.250 e. The number of benzene rings is 1. The highest BCUT2D eigenvalue weighted by molar-refractivity contribution is 5.89. The second-order valence-corrected chi connectivity index (χ2v) is 8.85. The van der Waals surface area contributed by atoms with Crippen LogP contribution in [0.3, 0.4) is 0 Å². The Morgan fingerprint density at radius 1 is 1.07 bits per heavy atom. The summed E-state index contributed by atoms with van der Waals surface area (Å²) in [6.45, 7) is 6.52. The molecule has 4 heterocycles. The minimum Gasteiger partial charge on any atom is -0.345 e. The number of carbonyl (C=O) groups excluding carboxylic acids is 1. The van der Waals surface area contributed by atoms with Crippen LogP contribution in [0.25, 0.3) is 10.9 Å². The van der Waals surface area contributed by atoms with Crippen LogP contribution in [-0.4, -0.2) is 33.0 Å². The summed E-state index contributed by atoms with van der Waals surface area (Å²) in [5.41, 5.74) is 3.46. The number of piperidine rings is 1. The largest absolute Gasteiger partial charge is 0.345 e. The second kappa shape index (κ2) is 6.90. The van der Waals surface area contributed by atoms with Crippen LogP contribution >= 0.6 is 0 Å². The molecule has 2 aromatic heterocycles. The lowest BCUT2D eigenvalue weighted by molar-refractivity contribution is -0.133. The summed E-state index contributed by atoms with van der Waals surface area (Å²) in [5, 5.41) is 1.17. The molecule has 2 bridgehead atoms. The highest BCUT2D eigenvalue weighted by Gasteiger charge is 2.36. The lowest BCUT2D eigenvalue weighted by Crippen LogP contribution is -2.49. The molecule has 0 N–H and O–H groups in total. The number of carbonyl (C=O) groups is 1. The Bertz CT molecular complexity index is 1140. The van der Waals surface area contributed by atoms with Crippen molar-refractivity contribution >= 4 is 16.8 Å². The lowest BCUT2D eigenvalue weighted by Gasteiger charge is -2.42. The van der Waals surface area contributed by atoms with Crippen LogP contribution in [-0.2, 0) is 17.8 Å². The summed E-state index contributed by atoms with van der Waals surface area (Å²) in [7, 11) is 0. The van der Waals surface area contributed by atoms with E-state index in [-0.39, 0.29) is 17.4 Å². The number of aromatic nitrogens is 2. The molecule has 1 amide bonds. The summed E-state index contributed by atoms with van der Waals surface area (Å²) in [5.74, 6) is 0.817. The molecule has 5 rings (SSSR count). The van der Waals surface area contributed by atoms with Crippen molar-refractivity contribution in [3.8, 4) is 0 Å². The van der Waals surface area contributed by atoms with E-state index < -0.39 is 0 Å². The summed E-state index contributed by atoms with van der Waals surface area (Å²) in [6, 6.07) is 14.2. The van der Waals surface area contributed by atoms with Gasteiger partial charge in [-0.3, -0.25) is 9.59 Å². The summed E-state index contributed by atoms with van der Waals surface area (Å²) < 4.78 is 4.17. The molecular formula is C24H27N3O2. The first-order valence-electron chi connectivity index (χ1n) is 10.6. The molecule has 3 aromatic rings. The van der Waals surface area contributed by atoms with Gasteiger partial charge in [0, 0.05) is 60.5 Å². The molecule has 2 atom stereocenters. The Morgan fingerprint density at radius 3 is 2.72 bits per heavy atom. The Kier molecular flexibility index (Phi) is 4.34. The fraction of sp³-hybridized carbons (Fsp3) is 0.417. The first-order chi connectivity index (χ1) is 14.0. The van der Waals surface area contributed by atoms with Gasteiger partial charge in [-0.15, -0.1) is 0 Å². The number of rotatable bonds is 3. The molecule has 2 aliphatic rings. The van der Waals surface area contributed by atoms with Crippen molar-refractivity contribution in [2.24, 2.45) is 5.92 Å². The predicted octanol–water partition coefficient (Wildman–Crippen LogP) is 3.57. The van der Waals surface area contributed by atoms with Crippen LogP contribution < -0.4 is 5.56 Å². The van der Waals surface area contributed by atoms with Crippen LogP contribution in [0, 0.1) is 5.92 Å². The average Bonchev–Trinajstić information content (AvgIpc) is 3.08.